The predicted octanol–water partition coefficient (Wildman–Crippen LogP) is -2.66. The SMILES string of the molecule is CCCCCCCCCCCCCCCC(=O)OC[C@@H](O)COP(=O)(O)OC1C(O[C@@H]2OC(CO)[C@H](O)C(O)[C@@H]2O)C(O)C(O)C(O)[C@H]1O[C@H]1OC(CO)[C@@H](O)C(O)[C@H]1O. The van der Waals surface area contributed by atoms with Crippen molar-refractivity contribution in [1.82, 2.24) is 0 Å². The fraction of sp³-hybridized carbons (Fsp3) is 0.973. The molecule has 3 rings (SSSR count). The number of rotatable bonds is 27. The molecule has 2 aliphatic heterocycles. The highest BCUT2D eigenvalue weighted by Crippen LogP contribution is 2.48. The first-order chi connectivity index (χ1) is 28.5. The van der Waals surface area contributed by atoms with Crippen molar-refractivity contribution in [3.63, 3.8) is 0 Å². The molecule has 0 aromatic carbocycles. The quantitative estimate of drug-likeness (QED) is 0.0227. The minimum Gasteiger partial charge on any atom is -0.463 e. The molecule has 0 aromatic rings. The molecule has 60 heavy (non-hydrogen) atoms. The Hall–Kier alpha value is -1.06. The van der Waals surface area contributed by atoms with E-state index in [1.54, 1.807) is 0 Å². The Kier molecular flexibility index (Phi) is 23.7. The van der Waals surface area contributed by atoms with Gasteiger partial charge in [0.2, 0.25) is 0 Å². The second-order valence-corrected chi connectivity index (χ2v) is 17.1. The fourth-order valence-corrected chi connectivity index (χ4v) is 8.20. The number of unbranched alkanes of at least 4 members (excludes halogenated alkanes) is 12. The summed E-state index contributed by atoms with van der Waals surface area (Å²) in [5, 5.41) is 125. The van der Waals surface area contributed by atoms with Crippen LogP contribution in [0.5, 0.6) is 0 Å². The summed E-state index contributed by atoms with van der Waals surface area (Å²) in [4.78, 5) is 23.0. The number of hydrogen-bond donors (Lipinski definition) is 13. The monoisotopic (exact) mass is 896 g/mol. The van der Waals surface area contributed by atoms with Crippen LogP contribution in [-0.2, 0) is 42.1 Å². The van der Waals surface area contributed by atoms with Gasteiger partial charge in [-0.3, -0.25) is 13.8 Å². The van der Waals surface area contributed by atoms with Gasteiger partial charge < -0.3 is 89.9 Å². The summed E-state index contributed by atoms with van der Waals surface area (Å²) in [5.74, 6) is -0.620. The molecule has 0 bridgehead atoms. The Bertz CT molecular complexity index is 1200. The fourth-order valence-electron chi connectivity index (χ4n) is 7.23. The average Bonchev–Trinajstić information content (AvgIpc) is 3.22. The van der Waals surface area contributed by atoms with Crippen LogP contribution in [0.15, 0.2) is 0 Å². The highest BCUT2D eigenvalue weighted by Gasteiger charge is 2.58. The molecule has 2 saturated heterocycles. The number of aliphatic hydroxyl groups is 12. The van der Waals surface area contributed by atoms with Crippen molar-refractivity contribution in [2.75, 3.05) is 26.4 Å². The topological polar surface area (TPSA) is 362 Å². The van der Waals surface area contributed by atoms with E-state index in [1.807, 2.05) is 0 Å². The molecule has 22 nitrogen and oxygen atoms in total. The molecule has 0 spiro atoms. The first-order valence-corrected chi connectivity index (χ1v) is 22.4. The van der Waals surface area contributed by atoms with E-state index >= 15 is 0 Å². The number of hydrogen-bond acceptors (Lipinski definition) is 21. The van der Waals surface area contributed by atoms with Gasteiger partial charge in [-0.25, -0.2) is 4.57 Å². The van der Waals surface area contributed by atoms with Gasteiger partial charge in [0.05, 0.1) is 19.8 Å². The maximum atomic E-state index is 13.3. The lowest BCUT2D eigenvalue weighted by Crippen LogP contribution is -2.69. The summed E-state index contributed by atoms with van der Waals surface area (Å²) in [6.45, 7) is -1.27. The van der Waals surface area contributed by atoms with Crippen molar-refractivity contribution < 1.29 is 108 Å². The first-order valence-electron chi connectivity index (χ1n) is 20.9. The van der Waals surface area contributed by atoms with Crippen molar-refractivity contribution in [3.05, 3.63) is 0 Å². The van der Waals surface area contributed by atoms with Gasteiger partial charge in [0.25, 0.3) is 0 Å². The summed E-state index contributed by atoms with van der Waals surface area (Å²) in [7, 11) is -5.50. The number of phosphoric ester groups is 1. The van der Waals surface area contributed by atoms with Crippen LogP contribution < -0.4 is 0 Å². The van der Waals surface area contributed by atoms with Gasteiger partial charge in [-0.15, -0.1) is 0 Å². The highest BCUT2D eigenvalue weighted by atomic mass is 31.2. The van der Waals surface area contributed by atoms with E-state index in [9.17, 15) is 75.5 Å². The molecule has 1 saturated carbocycles. The number of ether oxygens (including phenoxy) is 5. The summed E-state index contributed by atoms with van der Waals surface area (Å²) < 4.78 is 50.3. The lowest BCUT2D eigenvalue weighted by atomic mass is 9.84. The third kappa shape index (κ3) is 15.9. The minimum absolute atomic E-state index is 0.0802. The molecule has 10 unspecified atom stereocenters. The van der Waals surface area contributed by atoms with Gasteiger partial charge in [0.15, 0.2) is 12.6 Å². The average molecular weight is 897 g/mol. The van der Waals surface area contributed by atoms with Crippen LogP contribution in [0.4, 0.5) is 0 Å². The van der Waals surface area contributed by atoms with E-state index in [0.29, 0.717) is 6.42 Å². The van der Waals surface area contributed by atoms with Crippen molar-refractivity contribution in [2.24, 2.45) is 0 Å². The molecule has 3 fully saturated rings. The number of aliphatic hydroxyl groups excluding tert-OH is 12. The molecular formula is C37H69O22P. The van der Waals surface area contributed by atoms with Gasteiger partial charge in [0, 0.05) is 6.42 Å². The van der Waals surface area contributed by atoms with Crippen LogP contribution in [0.2, 0.25) is 0 Å². The van der Waals surface area contributed by atoms with Crippen molar-refractivity contribution in [2.45, 2.75) is 201 Å². The lowest BCUT2D eigenvalue weighted by Gasteiger charge is -2.49. The van der Waals surface area contributed by atoms with Crippen LogP contribution in [0.1, 0.15) is 96.8 Å². The molecule has 354 valence electrons. The summed E-state index contributed by atoms with van der Waals surface area (Å²) in [5.41, 5.74) is 0. The molecular weight excluding hydrogens is 827 g/mol. The van der Waals surface area contributed by atoms with E-state index in [-0.39, 0.29) is 6.42 Å². The Labute approximate surface area is 349 Å². The molecule has 0 amide bonds. The van der Waals surface area contributed by atoms with Crippen molar-refractivity contribution in [1.29, 1.82) is 0 Å². The third-order valence-corrected chi connectivity index (χ3v) is 11.9. The van der Waals surface area contributed by atoms with Gasteiger partial charge >= 0.3 is 13.8 Å². The number of phosphoric acid groups is 1. The normalized spacial score (nSPS) is 37.7. The van der Waals surface area contributed by atoms with Gasteiger partial charge in [0.1, 0.15) is 98.2 Å². The largest absolute Gasteiger partial charge is 0.472 e. The standard InChI is InChI=1S/C37H69O22P/c1-2-3-4-5-6-7-8-9-10-11-12-13-14-15-23(41)53-18-20(40)19-54-60(51,52)59-35-33(57-36-31(49)26(44)24(42)21(16-38)55-36)29(47)28(46)30(48)34(35)58-37-32(50)27(45)25(43)22(17-39)56-37/h20-22,24-40,42-50H,2-19H2,1H3,(H,51,52)/t20-,21?,22?,24-,25+,26?,27?,28?,29?,30?,31-,32+,33-,34?,35?,36-,37+/m1/s1. The Morgan fingerprint density at radius 3 is 1.38 bits per heavy atom. The molecule has 3 aliphatic rings. The molecule has 1 aliphatic carbocycles. The van der Waals surface area contributed by atoms with Crippen LogP contribution in [-0.4, -0.2) is 203 Å². The second-order valence-electron chi connectivity index (χ2n) is 15.7. The molecule has 13 N–H and O–H groups in total. The number of carbonyl (C=O) groups excluding carboxylic acids is 1. The van der Waals surface area contributed by atoms with Crippen LogP contribution in [0.3, 0.4) is 0 Å². The Balaban J connectivity index is 1.61. The van der Waals surface area contributed by atoms with Crippen molar-refractivity contribution >= 4 is 13.8 Å². The second kappa shape index (κ2) is 26.7. The van der Waals surface area contributed by atoms with E-state index in [4.69, 9.17) is 32.7 Å². The summed E-state index contributed by atoms with van der Waals surface area (Å²) >= 11 is 0. The van der Waals surface area contributed by atoms with E-state index in [2.05, 4.69) is 6.92 Å². The molecule has 0 radical (unpaired) electrons. The first kappa shape index (κ1) is 53.3. The van der Waals surface area contributed by atoms with Crippen molar-refractivity contribution in [3.8, 4) is 0 Å². The maximum absolute atomic E-state index is 13.3. The van der Waals surface area contributed by atoms with E-state index < -0.39 is 144 Å². The number of carbonyl (C=O) groups is 1. The Morgan fingerprint density at radius 2 is 0.967 bits per heavy atom. The smallest absolute Gasteiger partial charge is 0.463 e. The molecule has 23 heteroatoms. The van der Waals surface area contributed by atoms with Crippen LogP contribution in [0.25, 0.3) is 0 Å². The molecule has 0 aromatic heterocycles. The van der Waals surface area contributed by atoms with Crippen LogP contribution in [0, 0.1) is 0 Å². The lowest BCUT2D eigenvalue weighted by molar-refractivity contribution is -0.360. The third-order valence-electron chi connectivity index (χ3n) is 10.9. The van der Waals surface area contributed by atoms with Gasteiger partial charge in [-0.1, -0.05) is 84.0 Å². The molecule has 18 atom stereocenters. The van der Waals surface area contributed by atoms with Crippen LogP contribution >= 0.6 is 7.82 Å². The molecule has 2 heterocycles. The zero-order valence-electron chi connectivity index (χ0n) is 34.0. The van der Waals surface area contributed by atoms with Gasteiger partial charge in [-0.05, 0) is 6.42 Å². The Morgan fingerprint density at radius 1 is 0.567 bits per heavy atom. The minimum atomic E-state index is -5.50. The van der Waals surface area contributed by atoms with E-state index in [0.717, 1.165) is 25.7 Å². The zero-order chi connectivity index (χ0) is 44.6. The maximum Gasteiger partial charge on any atom is 0.472 e. The number of esters is 1. The highest BCUT2D eigenvalue weighted by molar-refractivity contribution is 7.47. The summed E-state index contributed by atoms with van der Waals surface area (Å²) in [6, 6.07) is 0. The predicted molar refractivity (Wildman–Crippen MR) is 203 cm³/mol. The zero-order valence-corrected chi connectivity index (χ0v) is 34.9. The van der Waals surface area contributed by atoms with Gasteiger partial charge in [-0.2, -0.15) is 0 Å². The summed E-state index contributed by atoms with van der Waals surface area (Å²) in [6.07, 6.45) is -19.9. The van der Waals surface area contributed by atoms with E-state index in [1.165, 1.54) is 51.4 Å².